The van der Waals surface area contributed by atoms with Gasteiger partial charge in [-0.15, -0.1) is 0 Å². The first kappa shape index (κ1) is 17.4. The first-order chi connectivity index (χ1) is 13.7. The fraction of sp³-hybridized carbons (Fsp3) is 0.560. The third-order valence-electron chi connectivity index (χ3n) is 7.86. The zero-order chi connectivity index (χ0) is 18.7. The first-order valence-electron chi connectivity index (χ1n) is 11.1. The summed E-state index contributed by atoms with van der Waals surface area (Å²) in [7, 11) is 0.365. The van der Waals surface area contributed by atoms with Crippen LogP contribution in [-0.2, 0) is 15.7 Å². The molecule has 146 valence electrons. The molecule has 0 unspecified atom stereocenters. The van der Waals surface area contributed by atoms with E-state index in [9.17, 15) is 4.79 Å². The minimum absolute atomic E-state index is 0.0628. The number of ether oxygens (including phenoxy) is 1. The summed E-state index contributed by atoms with van der Waals surface area (Å²) < 4.78 is 6.19. The first-order valence-corrected chi connectivity index (χ1v) is 12.7. The minimum atomic E-state index is -0.193. The Morgan fingerprint density at radius 3 is 2.11 bits per heavy atom. The van der Waals surface area contributed by atoms with Crippen molar-refractivity contribution in [2.24, 2.45) is 23.2 Å². The number of fused-ring (bicyclic) bond motifs is 1. The molecule has 28 heavy (non-hydrogen) atoms. The molecule has 0 N–H and O–H groups in total. The fourth-order valence-corrected chi connectivity index (χ4v) is 9.53. The number of carbonyl (C=O) groups excluding carboxylic acids is 1. The minimum Gasteiger partial charge on any atom is -0.425 e. The molecule has 0 spiro atoms. The van der Waals surface area contributed by atoms with Crippen LogP contribution in [0, 0.1) is 23.2 Å². The standard InChI is InChI=1S/C25H29O2S/c26-24(25-14-17-11-18(15-25)13-19(12-17)16-25)27-22-7-8-23(28-9-3-4-10-28)21-6-2-1-5-20(21)22/h1-2,5-8,17-19H,3-4,9-16H2/q+1. The normalized spacial score (nSPS) is 34.2. The average Bonchev–Trinajstić information content (AvgIpc) is 3.22. The predicted molar refractivity (Wildman–Crippen MR) is 115 cm³/mol. The molecule has 0 radical (unpaired) electrons. The molecule has 3 heteroatoms. The van der Waals surface area contributed by atoms with Gasteiger partial charge in [0.15, 0.2) is 4.90 Å². The molecule has 1 heterocycles. The van der Waals surface area contributed by atoms with Crippen molar-refractivity contribution in [2.45, 2.75) is 56.3 Å². The van der Waals surface area contributed by atoms with Gasteiger partial charge < -0.3 is 4.74 Å². The zero-order valence-electron chi connectivity index (χ0n) is 16.5. The Morgan fingerprint density at radius 2 is 1.46 bits per heavy atom. The second-order valence-corrected chi connectivity index (χ2v) is 12.0. The highest BCUT2D eigenvalue weighted by molar-refractivity contribution is 7.97. The lowest BCUT2D eigenvalue weighted by atomic mass is 9.49. The summed E-state index contributed by atoms with van der Waals surface area (Å²) in [6, 6.07) is 12.9. The maximum absolute atomic E-state index is 13.4. The van der Waals surface area contributed by atoms with E-state index in [2.05, 4.69) is 36.4 Å². The van der Waals surface area contributed by atoms with Gasteiger partial charge in [-0.25, -0.2) is 0 Å². The smallest absolute Gasteiger partial charge is 0.317 e. The summed E-state index contributed by atoms with van der Waals surface area (Å²) in [4.78, 5) is 14.9. The Bertz CT molecular complexity index is 892. The molecule has 4 aliphatic carbocycles. The highest BCUT2D eigenvalue weighted by Crippen LogP contribution is 2.60. The van der Waals surface area contributed by atoms with Crippen LogP contribution >= 0.6 is 0 Å². The van der Waals surface area contributed by atoms with Crippen molar-refractivity contribution < 1.29 is 9.53 Å². The van der Waals surface area contributed by atoms with Crippen LogP contribution in [0.1, 0.15) is 51.4 Å². The van der Waals surface area contributed by atoms with Crippen LogP contribution < -0.4 is 4.74 Å². The van der Waals surface area contributed by atoms with Crippen LogP contribution in [0.25, 0.3) is 10.8 Å². The predicted octanol–water partition coefficient (Wildman–Crippen LogP) is 5.73. The molecule has 1 aliphatic heterocycles. The highest BCUT2D eigenvalue weighted by Gasteiger charge is 2.55. The van der Waals surface area contributed by atoms with Gasteiger partial charge in [-0.05, 0) is 87.3 Å². The van der Waals surface area contributed by atoms with Crippen molar-refractivity contribution >= 4 is 27.6 Å². The van der Waals surface area contributed by atoms with E-state index in [1.54, 1.807) is 0 Å². The van der Waals surface area contributed by atoms with Crippen molar-refractivity contribution in [3.8, 4) is 5.75 Å². The van der Waals surface area contributed by atoms with Crippen LogP contribution in [0.4, 0.5) is 0 Å². The number of hydrogen-bond acceptors (Lipinski definition) is 2. The summed E-state index contributed by atoms with van der Waals surface area (Å²) >= 11 is 0. The third kappa shape index (κ3) is 2.73. The molecule has 1 saturated heterocycles. The van der Waals surface area contributed by atoms with Crippen LogP contribution in [0.15, 0.2) is 41.3 Å². The van der Waals surface area contributed by atoms with Gasteiger partial charge in [0.1, 0.15) is 17.3 Å². The fourth-order valence-electron chi connectivity index (χ4n) is 7.03. The van der Waals surface area contributed by atoms with E-state index in [-0.39, 0.29) is 11.4 Å². The molecule has 5 fully saturated rings. The Labute approximate surface area is 170 Å². The zero-order valence-corrected chi connectivity index (χ0v) is 17.3. The summed E-state index contributed by atoms with van der Waals surface area (Å²) in [6.45, 7) is 0. The third-order valence-corrected chi connectivity index (χ3v) is 10.4. The molecule has 0 atom stereocenters. The number of esters is 1. The van der Waals surface area contributed by atoms with E-state index >= 15 is 0 Å². The van der Waals surface area contributed by atoms with Crippen molar-refractivity contribution in [1.29, 1.82) is 0 Å². The van der Waals surface area contributed by atoms with Crippen molar-refractivity contribution in [3.63, 3.8) is 0 Å². The van der Waals surface area contributed by atoms with Crippen molar-refractivity contribution in [1.82, 2.24) is 0 Å². The Balaban J connectivity index is 1.33. The lowest BCUT2D eigenvalue weighted by Crippen LogP contribution is -2.51. The van der Waals surface area contributed by atoms with E-state index in [1.807, 2.05) is 0 Å². The Morgan fingerprint density at radius 1 is 0.857 bits per heavy atom. The average molecular weight is 394 g/mol. The maximum Gasteiger partial charge on any atom is 0.317 e. The summed E-state index contributed by atoms with van der Waals surface area (Å²) in [5.74, 6) is 5.77. The van der Waals surface area contributed by atoms with E-state index in [4.69, 9.17) is 4.74 Å². The Kier molecular flexibility index (Phi) is 4.05. The molecule has 4 saturated carbocycles. The second-order valence-electron chi connectivity index (χ2n) is 9.80. The SMILES string of the molecule is O=C(Oc1ccc([S+]2CCCC2)c2ccccc12)C12CC3CC(CC(C3)C1)C2. The van der Waals surface area contributed by atoms with Gasteiger partial charge in [0.2, 0.25) is 0 Å². The highest BCUT2D eigenvalue weighted by atomic mass is 32.2. The molecule has 0 aromatic heterocycles. The van der Waals surface area contributed by atoms with E-state index in [1.165, 1.54) is 53.9 Å². The molecule has 7 rings (SSSR count). The van der Waals surface area contributed by atoms with Gasteiger partial charge in [0.05, 0.1) is 5.41 Å². The summed E-state index contributed by atoms with van der Waals surface area (Å²) in [5.41, 5.74) is -0.193. The number of carbonyl (C=O) groups is 1. The lowest BCUT2D eigenvalue weighted by molar-refractivity contribution is -0.161. The molecule has 0 amide bonds. The molecule has 2 aromatic rings. The van der Waals surface area contributed by atoms with Crippen molar-refractivity contribution in [3.05, 3.63) is 36.4 Å². The van der Waals surface area contributed by atoms with Crippen LogP contribution in [0.2, 0.25) is 0 Å². The van der Waals surface area contributed by atoms with Gasteiger partial charge in [-0.2, -0.15) is 0 Å². The second kappa shape index (κ2) is 6.52. The Hall–Kier alpha value is -1.48. The van der Waals surface area contributed by atoms with Gasteiger partial charge in [0, 0.05) is 21.7 Å². The van der Waals surface area contributed by atoms with Crippen LogP contribution in [0.3, 0.4) is 0 Å². The van der Waals surface area contributed by atoms with Crippen LogP contribution in [-0.4, -0.2) is 17.5 Å². The van der Waals surface area contributed by atoms with Gasteiger partial charge >= 0.3 is 5.97 Å². The molecular weight excluding hydrogens is 364 g/mol. The van der Waals surface area contributed by atoms with E-state index < -0.39 is 0 Å². The van der Waals surface area contributed by atoms with Crippen molar-refractivity contribution in [2.75, 3.05) is 11.5 Å². The van der Waals surface area contributed by atoms with Gasteiger partial charge in [-0.1, -0.05) is 18.2 Å². The molecule has 5 aliphatic rings. The number of benzene rings is 2. The largest absolute Gasteiger partial charge is 0.425 e. The number of hydrogen-bond donors (Lipinski definition) is 0. The van der Waals surface area contributed by atoms with Crippen LogP contribution in [0.5, 0.6) is 5.75 Å². The molecular formula is C25H29O2S+. The molecule has 2 aromatic carbocycles. The topological polar surface area (TPSA) is 26.3 Å². The molecule has 2 nitrogen and oxygen atoms in total. The van der Waals surface area contributed by atoms with E-state index in [0.29, 0.717) is 10.9 Å². The van der Waals surface area contributed by atoms with Gasteiger partial charge in [-0.3, -0.25) is 4.79 Å². The number of rotatable bonds is 3. The monoisotopic (exact) mass is 393 g/mol. The summed E-state index contributed by atoms with van der Waals surface area (Å²) in [6.07, 6.45) is 9.96. The maximum atomic E-state index is 13.4. The molecule has 4 bridgehead atoms. The quantitative estimate of drug-likeness (QED) is 0.378. The lowest BCUT2D eigenvalue weighted by Gasteiger charge is -2.55. The van der Waals surface area contributed by atoms with E-state index in [0.717, 1.165) is 48.2 Å². The summed E-state index contributed by atoms with van der Waals surface area (Å²) in [5, 5.41) is 2.42. The van der Waals surface area contributed by atoms with Gasteiger partial charge in [0.25, 0.3) is 0 Å².